The van der Waals surface area contributed by atoms with Gasteiger partial charge in [-0.05, 0) is 65.5 Å². The Hall–Kier alpha value is -1.33. The fraction of sp³-hybridized carbons (Fsp3) is 0.750. The Labute approximate surface area is 152 Å². The predicted octanol–water partition coefficient (Wildman–Crippen LogP) is 3.92. The van der Waals surface area contributed by atoms with Gasteiger partial charge in [0.2, 0.25) is 5.91 Å². The van der Waals surface area contributed by atoms with E-state index in [4.69, 9.17) is 0 Å². The molecule has 0 aromatic carbocycles. The van der Waals surface area contributed by atoms with E-state index in [0.717, 1.165) is 32.2 Å². The van der Waals surface area contributed by atoms with Crippen molar-refractivity contribution >= 4 is 5.91 Å². The van der Waals surface area contributed by atoms with Gasteiger partial charge in [-0.15, -0.1) is 10.3 Å². The summed E-state index contributed by atoms with van der Waals surface area (Å²) in [5.41, 5.74) is -0.865. The second-order valence-electron chi connectivity index (χ2n) is 8.68. The number of rotatable bonds is 8. The summed E-state index contributed by atoms with van der Waals surface area (Å²) < 4.78 is 2.19. The summed E-state index contributed by atoms with van der Waals surface area (Å²) >= 11 is 0. The number of piperidine rings is 1. The molecule has 0 unspecified atom stereocenters. The minimum absolute atomic E-state index is 0.0939. The Bertz CT molecular complexity index is 519. The van der Waals surface area contributed by atoms with Crippen molar-refractivity contribution in [3.63, 3.8) is 0 Å². The van der Waals surface area contributed by atoms with Gasteiger partial charge in [-0.3, -0.25) is 4.79 Å². The lowest BCUT2D eigenvalue weighted by molar-refractivity contribution is -0.290. The molecule has 1 aliphatic rings. The van der Waals surface area contributed by atoms with E-state index < -0.39 is 11.1 Å². The summed E-state index contributed by atoms with van der Waals surface area (Å²) in [6.45, 7) is 8.91. The summed E-state index contributed by atoms with van der Waals surface area (Å²) in [5, 5.41) is 16.7. The first-order chi connectivity index (χ1) is 11.7. The van der Waals surface area contributed by atoms with Gasteiger partial charge in [0.05, 0.1) is 0 Å². The van der Waals surface area contributed by atoms with E-state index in [2.05, 4.69) is 22.3 Å². The van der Waals surface area contributed by atoms with Crippen molar-refractivity contribution in [2.24, 2.45) is 0 Å². The fourth-order valence-electron chi connectivity index (χ4n) is 4.12. The van der Waals surface area contributed by atoms with Crippen LogP contribution < -0.4 is 5.32 Å². The number of hydrogen-bond donors (Lipinski definition) is 1. The molecule has 5 heteroatoms. The topological polar surface area (TPSA) is 57.2 Å². The quantitative estimate of drug-likeness (QED) is 0.724. The van der Waals surface area contributed by atoms with Gasteiger partial charge in [-0.1, -0.05) is 12.8 Å². The van der Waals surface area contributed by atoms with Gasteiger partial charge in [0.15, 0.2) is 0 Å². The highest BCUT2D eigenvalue weighted by Gasteiger charge is 2.46. The van der Waals surface area contributed by atoms with E-state index in [0.29, 0.717) is 19.3 Å². The molecule has 1 aromatic heterocycles. The third-order valence-electron chi connectivity index (χ3n) is 5.19. The van der Waals surface area contributed by atoms with Gasteiger partial charge in [-0.25, -0.2) is 0 Å². The fourth-order valence-corrected chi connectivity index (χ4v) is 4.12. The Kier molecular flexibility index (Phi) is 6.69. The maximum Gasteiger partial charge on any atom is 0.220 e. The first kappa shape index (κ1) is 20.0. The molecule has 2 heterocycles. The highest BCUT2D eigenvalue weighted by Crippen LogP contribution is 2.36. The van der Waals surface area contributed by atoms with Gasteiger partial charge in [0.1, 0.15) is 0 Å². The summed E-state index contributed by atoms with van der Waals surface area (Å²) in [6, 6.07) is 4.19. The van der Waals surface area contributed by atoms with Crippen LogP contribution in [0.4, 0.5) is 0 Å². The Balaban J connectivity index is 1.63. The van der Waals surface area contributed by atoms with E-state index in [1.807, 2.05) is 39.8 Å². The molecule has 0 bridgehead atoms. The number of carbonyl (C=O) groups is 1. The van der Waals surface area contributed by atoms with Crippen LogP contribution in [0, 0.1) is 0 Å². The number of carbonyl (C=O) groups excluding carboxylic acids is 1. The van der Waals surface area contributed by atoms with E-state index in [1.54, 1.807) is 0 Å². The minimum Gasteiger partial charge on any atom is -0.354 e. The van der Waals surface area contributed by atoms with Gasteiger partial charge >= 0.3 is 0 Å². The molecular weight excluding hydrogens is 314 g/mol. The van der Waals surface area contributed by atoms with Gasteiger partial charge in [0.25, 0.3) is 0 Å². The summed E-state index contributed by atoms with van der Waals surface area (Å²) in [7, 11) is 0. The Morgan fingerprint density at radius 1 is 1.00 bits per heavy atom. The zero-order valence-corrected chi connectivity index (χ0v) is 16.3. The smallest absolute Gasteiger partial charge is 0.220 e. The second kappa shape index (κ2) is 8.37. The molecule has 0 atom stereocenters. The van der Waals surface area contributed by atoms with Gasteiger partial charge in [-0.2, -0.15) is 0 Å². The molecule has 1 N–H and O–H groups in total. The highest BCUT2D eigenvalue weighted by molar-refractivity contribution is 5.76. The van der Waals surface area contributed by atoms with E-state index in [1.165, 1.54) is 5.06 Å². The lowest BCUT2D eigenvalue weighted by atomic mass is 9.79. The number of aryl methyl sites for hydroxylation is 1. The SMILES string of the molecule is CC1(C)CC(NC(=O)CCCCCCn2cccc2)CC(C)(C)N1[O]. The van der Waals surface area contributed by atoms with Crippen LogP contribution >= 0.6 is 0 Å². The Morgan fingerprint density at radius 3 is 2.16 bits per heavy atom. The molecule has 1 radical (unpaired) electrons. The van der Waals surface area contributed by atoms with Crippen molar-refractivity contribution in [1.29, 1.82) is 0 Å². The molecular formula is C20H34N3O2. The molecule has 25 heavy (non-hydrogen) atoms. The van der Waals surface area contributed by atoms with Gasteiger partial charge in [0, 0.05) is 42.5 Å². The molecule has 1 aliphatic heterocycles. The summed E-state index contributed by atoms with van der Waals surface area (Å²) in [6.07, 6.45) is 10.5. The van der Waals surface area contributed by atoms with E-state index in [9.17, 15) is 10.0 Å². The highest BCUT2D eigenvalue weighted by atomic mass is 16.5. The number of unbranched alkanes of at least 4 members (excludes halogenated alkanes) is 3. The second-order valence-corrected chi connectivity index (χ2v) is 8.68. The van der Waals surface area contributed by atoms with Crippen LogP contribution in [0.5, 0.6) is 0 Å². The molecule has 5 nitrogen and oxygen atoms in total. The van der Waals surface area contributed by atoms with Crippen LogP contribution in [0.3, 0.4) is 0 Å². The van der Waals surface area contributed by atoms with Crippen molar-refractivity contribution < 1.29 is 10.0 Å². The molecule has 1 saturated heterocycles. The van der Waals surface area contributed by atoms with Crippen molar-refractivity contribution in [1.82, 2.24) is 14.9 Å². The average Bonchev–Trinajstić information content (AvgIpc) is 3.01. The standard InChI is InChI=1S/C20H34N3O2/c1-19(2)15-17(16-20(3,4)23(19)25)21-18(24)11-7-5-6-8-12-22-13-9-10-14-22/h9-10,13-14,17H,5-8,11-12,15-16H2,1-4H3,(H,21,24). The number of amides is 1. The van der Waals surface area contributed by atoms with E-state index in [-0.39, 0.29) is 11.9 Å². The van der Waals surface area contributed by atoms with Crippen molar-refractivity contribution in [3.05, 3.63) is 24.5 Å². The monoisotopic (exact) mass is 348 g/mol. The van der Waals surface area contributed by atoms with Crippen LogP contribution in [0.2, 0.25) is 0 Å². The third-order valence-corrected chi connectivity index (χ3v) is 5.19. The van der Waals surface area contributed by atoms with Gasteiger partial charge < -0.3 is 9.88 Å². The normalized spacial score (nSPS) is 20.5. The molecule has 0 saturated carbocycles. The Morgan fingerprint density at radius 2 is 1.56 bits per heavy atom. The number of hydroxylamine groups is 2. The molecule has 1 amide bonds. The maximum atomic E-state index is 12.4. The summed E-state index contributed by atoms with van der Waals surface area (Å²) in [5.74, 6) is 0.126. The van der Waals surface area contributed by atoms with Crippen LogP contribution in [-0.2, 0) is 16.5 Å². The number of aromatic nitrogens is 1. The zero-order chi connectivity index (χ0) is 18.5. The molecule has 1 aromatic rings. The first-order valence-electron chi connectivity index (χ1n) is 9.58. The van der Waals surface area contributed by atoms with Crippen LogP contribution in [0.1, 0.15) is 72.6 Å². The number of nitrogens with zero attached hydrogens (tertiary/aromatic N) is 2. The molecule has 0 spiro atoms. The van der Waals surface area contributed by atoms with E-state index >= 15 is 0 Å². The maximum absolute atomic E-state index is 12.4. The number of nitrogens with one attached hydrogen (secondary N) is 1. The predicted molar refractivity (Wildman–Crippen MR) is 99.4 cm³/mol. The molecule has 2 rings (SSSR count). The lowest BCUT2D eigenvalue weighted by Gasteiger charge is -2.50. The molecule has 0 aliphatic carbocycles. The molecule has 141 valence electrons. The van der Waals surface area contributed by atoms with Crippen LogP contribution in [0.25, 0.3) is 0 Å². The summed E-state index contributed by atoms with van der Waals surface area (Å²) in [4.78, 5) is 12.2. The number of hydrogen-bond acceptors (Lipinski definition) is 2. The van der Waals surface area contributed by atoms with Crippen LogP contribution in [0.15, 0.2) is 24.5 Å². The minimum atomic E-state index is -0.432. The van der Waals surface area contributed by atoms with Crippen molar-refractivity contribution in [3.8, 4) is 0 Å². The van der Waals surface area contributed by atoms with Crippen molar-refractivity contribution in [2.75, 3.05) is 0 Å². The molecule has 1 fully saturated rings. The third kappa shape index (κ3) is 5.86. The average molecular weight is 349 g/mol. The first-order valence-corrected chi connectivity index (χ1v) is 9.58. The largest absolute Gasteiger partial charge is 0.354 e. The lowest BCUT2D eigenvalue weighted by Crippen LogP contribution is -2.62. The zero-order valence-electron chi connectivity index (χ0n) is 16.3. The van der Waals surface area contributed by atoms with Crippen LogP contribution in [-0.4, -0.2) is 32.7 Å². The van der Waals surface area contributed by atoms with Crippen molar-refractivity contribution in [2.45, 2.75) is 96.3 Å².